The minimum absolute atomic E-state index is 0.170. The second-order valence-electron chi connectivity index (χ2n) is 2.28. The standard InChI is InChI=1S/C7H12O2S2/c1-5(6(11)4-10)2-3-7(8)9/h10-11H,2-4H2,1H3,(H,8,9)/b6-5+. The van der Waals surface area contributed by atoms with Crippen molar-refractivity contribution in [2.45, 2.75) is 19.8 Å². The molecule has 0 aliphatic rings. The van der Waals surface area contributed by atoms with Crippen molar-refractivity contribution in [2.24, 2.45) is 0 Å². The van der Waals surface area contributed by atoms with Crippen LogP contribution in [0.1, 0.15) is 19.8 Å². The van der Waals surface area contributed by atoms with Gasteiger partial charge < -0.3 is 5.11 Å². The fourth-order valence-corrected chi connectivity index (χ4v) is 0.955. The van der Waals surface area contributed by atoms with E-state index < -0.39 is 5.97 Å². The highest BCUT2D eigenvalue weighted by atomic mass is 32.1. The Morgan fingerprint density at radius 2 is 2.00 bits per heavy atom. The predicted octanol–water partition coefficient (Wildman–Crippen LogP) is 1.98. The summed E-state index contributed by atoms with van der Waals surface area (Å²) in [5.41, 5.74) is 1.01. The summed E-state index contributed by atoms with van der Waals surface area (Å²) < 4.78 is 0. The van der Waals surface area contributed by atoms with Crippen LogP contribution >= 0.6 is 25.3 Å². The Hall–Kier alpha value is -0.0900. The zero-order valence-electron chi connectivity index (χ0n) is 6.37. The molecule has 0 fully saturated rings. The number of allylic oxidation sites excluding steroid dienone is 1. The Morgan fingerprint density at radius 1 is 1.45 bits per heavy atom. The van der Waals surface area contributed by atoms with Crippen LogP contribution in [0.3, 0.4) is 0 Å². The third-order valence-electron chi connectivity index (χ3n) is 1.36. The van der Waals surface area contributed by atoms with Crippen molar-refractivity contribution in [3.8, 4) is 0 Å². The first-order valence-corrected chi connectivity index (χ1v) is 4.36. The van der Waals surface area contributed by atoms with Gasteiger partial charge in [-0.3, -0.25) is 4.79 Å². The molecule has 2 nitrogen and oxygen atoms in total. The predicted molar refractivity (Wildman–Crippen MR) is 52.4 cm³/mol. The summed E-state index contributed by atoms with van der Waals surface area (Å²) in [5.74, 6) is -0.196. The lowest BCUT2D eigenvalue weighted by Gasteiger charge is -2.01. The second kappa shape index (κ2) is 5.55. The Kier molecular flexibility index (Phi) is 5.50. The lowest BCUT2D eigenvalue weighted by atomic mass is 10.1. The first-order chi connectivity index (χ1) is 5.07. The minimum atomic E-state index is -0.773. The minimum Gasteiger partial charge on any atom is -0.481 e. The monoisotopic (exact) mass is 192 g/mol. The fraction of sp³-hybridized carbons (Fsp3) is 0.571. The van der Waals surface area contributed by atoms with Crippen LogP contribution in [0.25, 0.3) is 0 Å². The summed E-state index contributed by atoms with van der Waals surface area (Å²) in [5, 5.41) is 8.35. The molecular formula is C7H12O2S2. The zero-order chi connectivity index (χ0) is 8.85. The van der Waals surface area contributed by atoms with Gasteiger partial charge in [-0.2, -0.15) is 12.6 Å². The summed E-state index contributed by atoms with van der Waals surface area (Å²) in [6.45, 7) is 1.88. The molecule has 0 saturated carbocycles. The van der Waals surface area contributed by atoms with Crippen molar-refractivity contribution in [2.75, 3.05) is 5.75 Å². The van der Waals surface area contributed by atoms with Crippen molar-refractivity contribution in [3.63, 3.8) is 0 Å². The van der Waals surface area contributed by atoms with E-state index in [0.717, 1.165) is 10.5 Å². The van der Waals surface area contributed by atoms with Crippen LogP contribution in [-0.2, 0) is 4.79 Å². The van der Waals surface area contributed by atoms with E-state index in [1.54, 1.807) is 0 Å². The average molecular weight is 192 g/mol. The summed E-state index contributed by atoms with van der Waals surface area (Å²) >= 11 is 8.16. The van der Waals surface area contributed by atoms with Gasteiger partial charge in [-0.1, -0.05) is 5.57 Å². The number of hydrogen-bond acceptors (Lipinski definition) is 3. The number of thiol groups is 2. The highest BCUT2D eigenvalue weighted by Gasteiger charge is 2.00. The molecule has 1 N–H and O–H groups in total. The van der Waals surface area contributed by atoms with Crippen molar-refractivity contribution in [1.29, 1.82) is 0 Å². The highest BCUT2D eigenvalue weighted by molar-refractivity contribution is 7.87. The summed E-state index contributed by atoms with van der Waals surface area (Å²) in [6, 6.07) is 0. The van der Waals surface area contributed by atoms with Crippen molar-refractivity contribution in [1.82, 2.24) is 0 Å². The largest absolute Gasteiger partial charge is 0.481 e. The van der Waals surface area contributed by atoms with Crippen LogP contribution in [0, 0.1) is 0 Å². The third kappa shape index (κ3) is 5.21. The third-order valence-corrected chi connectivity index (χ3v) is 2.46. The number of hydrogen-bond donors (Lipinski definition) is 3. The fourth-order valence-electron chi connectivity index (χ4n) is 0.574. The topological polar surface area (TPSA) is 37.3 Å². The molecule has 4 heteroatoms. The Morgan fingerprint density at radius 3 is 2.36 bits per heavy atom. The maximum absolute atomic E-state index is 10.1. The molecule has 0 aliphatic heterocycles. The highest BCUT2D eigenvalue weighted by Crippen LogP contribution is 2.14. The van der Waals surface area contributed by atoms with E-state index in [-0.39, 0.29) is 6.42 Å². The molecule has 0 aromatic heterocycles. The van der Waals surface area contributed by atoms with Crippen LogP contribution in [0.4, 0.5) is 0 Å². The molecule has 0 heterocycles. The number of rotatable bonds is 4. The number of carboxylic acids is 1. The molecule has 0 spiro atoms. The van der Waals surface area contributed by atoms with Gasteiger partial charge in [0.2, 0.25) is 0 Å². The van der Waals surface area contributed by atoms with Gasteiger partial charge in [0, 0.05) is 12.2 Å². The molecule has 0 saturated heterocycles. The van der Waals surface area contributed by atoms with E-state index in [4.69, 9.17) is 5.11 Å². The second-order valence-corrected chi connectivity index (χ2v) is 3.13. The van der Waals surface area contributed by atoms with E-state index in [9.17, 15) is 4.79 Å². The Bertz CT molecular complexity index is 175. The number of aliphatic carboxylic acids is 1. The SMILES string of the molecule is C/C(CCC(=O)O)=C(\S)CS. The summed E-state index contributed by atoms with van der Waals surface area (Å²) in [7, 11) is 0. The van der Waals surface area contributed by atoms with Crippen molar-refractivity contribution < 1.29 is 9.90 Å². The molecule has 11 heavy (non-hydrogen) atoms. The molecule has 0 aliphatic carbocycles. The molecule has 0 bridgehead atoms. The molecule has 0 aromatic carbocycles. The first kappa shape index (κ1) is 10.9. The number of carbonyl (C=O) groups is 1. The Balaban J connectivity index is 3.85. The van der Waals surface area contributed by atoms with Gasteiger partial charge in [-0.15, -0.1) is 12.6 Å². The van der Waals surface area contributed by atoms with E-state index in [1.165, 1.54) is 0 Å². The van der Waals surface area contributed by atoms with E-state index >= 15 is 0 Å². The van der Waals surface area contributed by atoms with E-state index in [1.807, 2.05) is 6.92 Å². The van der Waals surface area contributed by atoms with Crippen LogP contribution in [-0.4, -0.2) is 16.8 Å². The average Bonchev–Trinajstić information content (AvgIpc) is 1.98. The van der Waals surface area contributed by atoms with Gasteiger partial charge in [-0.05, 0) is 18.2 Å². The molecule has 0 aromatic rings. The first-order valence-electron chi connectivity index (χ1n) is 3.28. The van der Waals surface area contributed by atoms with Crippen LogP contribution < -0.4 is 0 Å². The lowest BCUT2D eigenvalue weighted by Crippen LogP contribution is -1.95. The zero-order valence-corrected chi connectivity index (χ0v) is 8.16. The molecule has 64 valence electrons. The maximum Gasteiger partial charge on any atom is 0.303 e. The van der Waals surface area contributed by atoms with Gasteiger partial charge >= 0.3 is 5.97 Å². The molecule has 0 amide bonds. The van der Waals surface area contributed by atoms with Gasteiger partial charge in [-0.25, -0.2) is 0 Å². The number of carboxylic acid groups (broad SMARTS) is 1. The van der Waals surface area contributed by atoms with Gasteiger partial charge in [0.05, 0.1) is 0 Å². The van der Waals surface area contributed by atoms with Crippen molar-refractivity contribution in [3.05, 3.63) is 10.5 Å². The molecule has 0 unspecified atom stereocenters. The smallest absolute Gasteiger partial charge is 0.303 e. The molecule has 0 atom stereocenters. The molecule has 0 rings (SSSR count). The Labute approximate surface area is 77.5 Å². The quantitative estimate of drug-likeness (QED) is 0.596. The molecule has 0 radical (unpaired) electrons. The lowest BCUT2D eigenvalue weighted by molar-refractivity contribution is -0.136. The van der Waals surface area contributed by atoms with Gasteiger partial charge in [0.1, 0.15) is 0 Å². The van der Waals surface area contributed by atoms with Crippen molar-refractivity contribution >= 4 is 31.2 Å². The van der Waals surface area contributed by atoms with Gasteiger partial charge in [0.25, 0.3) is 0 Å². The van der Waals surface area contributed by atoms with Gasteiger partial charge in [0.15, 0.2) is 0 Å². The van der Waals surface area contributed by atoms with E-state index in [0.29, 0.717) is 12.2 Å². The van der Waals surface area contributed by atoms with E-state index in [2.05, 4.69) is 25.3 Å². The van der Waals surface area contributed by atoms with Crippen LogP contribution in [0.2, 0.25) is 0 Å². The van der Waals surface area contributed by atoms with Crippen LogP contribution in [0.5, 0.6) is 0 Å². The summed E-state index contributed by atoms with van der Waals surface area (Å²) in [6.07, 6.45) is 0.735. The maximum atomic E-state index is 10.1. The molecular weight excluding hydrogens is 180 g/mol. The normalized spacial score (nSPS) is 12.6. The van der Waals surface area contributed by atoms with Crippen LogP contribution in [0.15, 0.2) is 10.5 Å². The summed E-state index contributed by atoms with van der Waals surface area (Å²) in [4.78, 5) is 11.0.